The molecule has 1 aliphatic carbocycles. The highest BCUT2D eigenvalue weighted by Crippen LogP contribution is 2.37. The molecule has 1 heterocycles. The molecule has 0 bridgehead atoms. The molecule has 0 spiro atoms. The maximum Gasteiger partial charge on any atom is 0.141 e. The molecule has 1 aliphatic rings. The topological polar surface area (TPSA) is 42.4 Å². The number of benzene rings is 1. The number of aryl methyl sites for hydroxylation is 1. The monoisotopic (exact) mass is 273 g/mol. The van der Waals surface area contributed by atoms with Gasteiger partial charge < -0.3 is 9.84 Å². The van der Waals surface area contributed by atoms with E-state index in [1.807, 2.05) is 18.2 Å². The van der Waals surface area contributed by atoms with Crippen LogP contribution < -0.4 is 4.74 Å². The van der Waals surface area contributed by atoms with Crippen LogP contribution in [0.2, 0.25) is 0 Å². The minimum absolute atomic E-state index is 0.424. The van der Waals surface area contributed by atoms with Gasteiger partial charge >= 0.3 is 0 Å². The lowest BCUT2D eigenvalue weighted by atomic mass is 9.77. The van der Waals surface area contributed by atoms with Crippen molar-refractivity contribution in [2.75, 3.05) is 7.11 Å². The Hall–Kier alpha value is -1.94. The van der Waals surface area contributed by atoms with Gasteiger partial charge in [0.1, 0.15) is 11.6 Å². The fraction of sp³-hybridized carbons (Fsp3) is 0.312. The average Bonchev–Trinajstić information content (AvgIpc) is 2.46. The van der Waals surface area contributed by atoms with Crippen molar-refractivity contribution < 1.29 is 14.2 Å². The second-order valence-electron chi connectivity index (χ2n) is 5.23. The Morgan fingerprint density at radius 2 is 2.10 bits per heavy atom. The summed E-state index contributed by atoms with van der Waals surface area (Å²) in [6, 6.07) is 7.24. The number of nitrogens with zero attached hydrogens (tertiary/aromatic N) is 1. The molecule has 104 valence electrons. The van der Waals surface area contributed by atoms with Crippen molar-refractivity contribution in [3.05, 3.63) is 59.2 Å². The molecule has 3 rings (SSSR count). The number of fused-ring (bicyclic) bond motifs is 1. The van der Waals surface area contributed by atoms with E-state index < -0.39 is 11.4 Å². The third-order valence-electron chi connectivity index (χ3n) is 3.95. The molecule has 1 atom stereocenters. The number of rotatable bonds is 2. The van der Waals surface area contributed by atoms with Crippen LogP contribution in [0.15, 0.2) is 36.7 Å². The molecular weight excluding hydrogens is 257 g/mol. The van der Waals surface area contributed by atoms with E-state index in [1.165, 1.54) is 17.8 Å². The summed E-state index contributed by atoms with van der Waals surface area (Å²) in [6.45, 7) is 0. The quantitative estimate of drug-likeness (QED) is 0.914. The van der Waals surface area contributed by atoms with E-state index in [9.17, 15) is 9.50 Å². The smallest absolute Gasteiger partial charge is 0.141 e. The number of aliphatic hydroxyl groups is 1. The van der Waals surface area contributed by atoms with Crippen LogP contribution >= 0.6 is 0 Å². The minimum Gasteiger partial charge on any atom is -0.497 e. The van der Waals surface area contributed by atoms with Crippen molar-refractivity contribution in [1.82, 2.24) is 4.98 Å². The third kappa shape index (κ3) is 2.27. The molecule has 0 saturated carbocycles. The fourth-order valence-electron chi connectivity index (χ4n) is 2.80. The average molecular weight is 273 g/mol. The second kappa shape index (κ2) is 4.87. The lowest BCUT2D eigenvalue weighted by Gasteiger charge is -2.34. The number of hydrogen-bond acceptors (Lipinski definition) is 3. The second-order valence-corrected chi connectivity index (χ2v) is 5.23. The molecule has 1 N–H and O–H groups in total. The Morgan fingerprint density at radius 3 is 2.85 bits per heavy atom. The van der Waals surface area contributed by atoms with Crippen molar-refractivity contribution >= 4 is 0 Å². The first-order valence-electron chi connectivity index (χ1n) is 6.60. The van der Waals surface area contributed by atoms with Gasteiger partial charge in [-0.3, -0.25) is 4.98 Å². The van der Waals surface area contributed by atoms with Gasteiger partial charge in [0.25, 0.3) is 0 Å². The van der Waals surface area contributed by atoms with E-state index in [4.69, 9.17) is 4.74 Å². The van der Waals surface area contributed by atoms with Gasteiger partial charge in [0.2, 0.25) is 0 Å². The molecule has 4 heteroatoms. The highest BCUT2D eigenvalue weighted by atomic mass is 19.1. The summed E-state index contributed by atoms with van der Waals surface area (Å²) in [5, 5.41) is 10.8. The zero-order valence-corrected chi connectivity index (χ0v) is 11.3. The van der Waals surface area contributed by atoms with Crippen LogP contribution in [0.4, 0.5) is 4.39 Å². The van der Waals surface area contributed by atoms with Gasteiger partial charge in [0.05, 0.1) is 18.9 Å². The summed E-state index contributed by atoms with van der Waals surface area (Å²) < 4.78 is 18.5. The number of halogens is 1. The van der Waals surface area contributed by atoms with Crippen LogP contribution in [0, 0.1) is 5.82 Å². The lowest BCUT2D eigenvalue weighted by Crippen LogP contribution is -2.33. The Balaban J connectivity index is 1.97. The van der Waals surface area contributed by atoms with E-state index in [0.717, 1.165) is 23.9 Å². The summed E-state index contributed by atoms with van der Waals surface area (Å²) in [5.74, 6) is 0.345. The van der Waals surface area contributed by atoms with E-state index in [1.54, 1.807) is 7.11 Å². The molecular formula is C16H16FNO2. The number of aromatic nitrogens is 1. The first kappa shape index (κ1) is 13.1. The van der Waals surface area contributed by atoms with Gasteiger partial charge in [0, 0.05) is 18.2 Å². The summed E-state index contributed by atoms with van der Waals surface area (Å²) in [6.07, 6.45) is 4.45. The lowest BCUT2D eigenvalue weighted by molar-refractivity contribution is 0.0215. The molecule has 1 aromatic carbocycles. The number of hydrogen-bond donors (Lipinski definition) is 1. The predicted octanol–water partition coefficient (Wildman–Crippen LogP) is 2.61. The Kier molecular flexibility index (Phi) is 3.18. The largest absolute Gasteiger partial charge is 0.497 e. The standard InChI is InChI=1S/C16H16FNO2/c1-20-15-3-2-11-4-5-16(19,8-12(11)6-15)13-7-14(17)10-18-9-13/h2-3,6-7,9-10,19H,4-5,8H2,1H3. The normalized spacial score (nSPS) is 21.4. The molecule has 0 fully saturated rings. The van der Waals surface area contributed by atoms with Crippen LogP contribution in [0.25, 0.3) is 0 Å². The minimum atomic E-state index is -1.06. The van der Waals surface area contributed by atoms with Gasteiger partial charge in [-0.05, 0) is 42.2 Å². The van der Waals surface area contributed by atoms with Crippen molar-refractivity contribution in [3.8, 4) is 5.75 Å². The maximum absolute atomic E-state index is 13.3. The van der Waals surface area contributed by atoms with Gasteiger partial charge in [-0.2, -0.15) is 0 Å². The molecule has 2 aromatic rings. The van der Waals surface area contributed by atoms with Crippen LogP contribution in [-0.2, 0) is 18.4 Å². The highest BCUT2D eigenvalue weighted by Gasteiger charge is 2.34. The summed E-state index contributed by atoms with van der Waals surface area (Å²) >= 11 is 0. The fourth-order valence-corrected chi connectivity index (χ4v) is 2.80. The van der Waals surface area contributed by atoms with Crippen LogP contribution in [0.3, 0.4) is 0 Å². The zero-order valence-electron chi connectivity index (χ0n) is 11.3. The third-order valence-corrected chi connectivity index (χ3v) is 3.95. The summed E-state index contributed by atoms with van der Waals surface area (Å²) in [4.78, 5) is 3.83. The van der Waals surface area contributed by atoms with Gasteiger partial charge in [-0.1, -0.05) is 6.07 Å². The molecule has 0 amide bonds. The van der Waals surface area contributed by atoms with Gasteiger partial charge in [-0.15, -0.1) is 0 Å². The maximum atomic E-state index is 13.3. The molecule has 0 saturated heterocycles. The Labute approximate surface area is 117 Å². The number of ether oxygens (including phenoxy) is 1. The first-order valence-corrected chi connectivity index (χ1v) is 6.60. The number of pyridine rings is 1. The summed E-state index contributed by atoms with van der Waals surface area (Å²) in [5.41, 5.74) is 1.72. The van der Waals surface area contributed by atoms with Crippen molar-refractivity contribution in [2.45, 2.75) is 24.9 Å². The molecule has 3 nitrogen and oxygen atoms in total. The van der Waals surface area contributed by atoms with Crippen LogP contribution in [0.5, 0.6) is 5.75 Å². The van der Waals surface area contributed by atoms with E-state index in [0.29, 0.717) is 18.4 Å². The van der Waals surface area contributed by atoms with Crippen molar-refractivity contribution in [3.63, 3.8) is 0 Å². The van der Waals surface area contributed by atoms with Crippen LogP contribution in [-0.4, -0.2) is 17.2 Å². The van der Waals surface area contributed by atoms with E-state index in [2.05, 4.69) is 4.98 Å². The van der Waals surface area contributed by atoms with Gasteiger partial charge in [-0.25, -0.2) is 4.39 Å². The summed E-state index contributed by atoms with van der Waals surface area (Å²) in [7, 11) is 1.62. The first-order chi connectivity index (χ1) is 9.60. The molecule has 0 aliphatic heterocycles. The van der Waals surface area contributed by atoms with E-state index >= 15 is 0 Å². The molecule has 0 radical (unpaired) electrons. The SMILES string of the molecule is COc1ccc2c(c1)CC(O)(c1cncc(F)c1)CC2. The molecule has 1 unspecified atom stereocenters. The van der Waals surface area contributed by atoms with E-state index in [-0.39, 0.29) is 0 Å². The van der Waals surface area contributed by atoms with Gasteiger partial charge in [0.15, 0.2) is 0 Å². The highest BCUT2D eigenvalue weighted by molar-refractivity contribution is 5.40. The zero-order chi connectivity index (χ0) is 14.2. The predicted molar refractivity (Wildman–Crippen MR) is 73.1 cm³/mol. The van der Waals surface area contributed by atoms with Crippen molar-refractivity contribution in [1.29, 1.82) is 0 Å². The Morgan fingerprint density at radius 1 is 1.25 bits per heavy atom. The molecule has 1 aromatic heterocycles. The molecule has 20 heavy (non-hydrogen) atoms. The Bertz CT molecular complexity index is 644. The number of methoxy groups -OCH3 is 1. The van der Waals surface area contributed by atoms with Crippen molar-refractivity contribution in [2.24, 2.45) is 0 Å². The van der Waals surface area contributed by atoms with Crippen LogP contribution in [0.1, 0.15) is 23.1 Å².